The average Bonchev–Trinajstić information content (AvgIpc) is 2.33. The summed E-state index contributed by atoms with van der Waals surface area (Å²) >= 11 is 0. The molecule has 0 aromatic heterocycles. The Morgan fingerprint density at radius 1 is 1.33 bits per heavy atom. The highest BCUT2D eigenvalue weighted by molar-refractivity contribution is 5.30. The molecule has 0 aliphatic rings. The van der Waals surface area contributed by atoms with Crippen LogP contribution in [0.1, 0.15) is 31.9 Å². The Morgan fingerprint density at radius 2 is 2.06 bits per heavy atom. The quantitative estimate of drug-likeness (QED) is 0.843. The highest BCUT2D eigenvalue weighted by Gasteiger charge is 2.28. The maximum atomic E-state index is 12.0. The molecule has 0 saturated carbocycles. The summed E-state index contributed by atoms with van der Waals surface area (Å²) in [6, 6.07) is 6.83. The lowest BCUT2D eigenvalue weighted by atomic mass is 10.1. The third-order valence-electron chi connectivity index (χ3n) is 2.46. The smallest absolute Gasteiger partial charge is 0.422 e. The number of benzene rings is 1. The van der Waals surface area contributed by atoms with Crippen LogP contribution in [-0.2, 0) is 0 Å². The van der Waals surface area contributed by atoms with E-state index in [1.807, 2.05) is 13.0 Å². The first-order chi connectivity index (χ1) is 8.42. The first kappa shape index (κ1) is 14.8. The topological polar surface area (TPSA) is 21.3 Å². The Hall–Kier alpha value is -1.23. The molecule has 0 bridgehead atoms. The van der Waals surface area contributed by atoms with Crippen LogP contribution in [0.4, 0.5) is 13.2 Å². The molecule has 1 unspecified atom stereocenters. The van der Waals surface area contributed by atoms with Crippen molar-refractivity contribution in [2.24, 2.45) is 0 Å². The van der Waals surface area contributed by atoms with E-state index in [1.165, 1.54) is 6.07 Å². The van der Waals surface area contributed by atoms with Crippen LogP contribution in [0, 0.1) is 0 Å². The summed E-state index contributed by atoms with van der Waals surface area (Å²) in [6.07, 6.45) is -3.29. The minimum Gasteiger partial charge on any atom is -0.484 e. The van der Waals surface area contributed by atoms with E-state index in [4.69, 9.17) is 4.74 Å². The minimum absolute atomic E-state index is 0.0967. The first-order valence-corrected chi connectivity index (χ1v) is 5.95. The zero-order valence-corrected chi connectivity index (χ0v) is 10.6. The van der Waals surface area contributed by atoms with E-state index in [2.05, 4.69) is 12.2 Å². The number of halogens is 3. The maximum absolute atomic E-state index is 12.0. The van der Waals surface area contributed by atoms with Crippen LogP contribution in [0.2, 0.25) is 0 Å². The van der Waals surface area contributed by atoms with Crippen LogP contribution in [0.25, 0.3) is 0 Å². The SMILES string of the molecule is CCCNC(C)c1cccc(OCC(F)(F)F)c1. The van der Waals surface area contributed by atoms with Crippen molar-refractivity contribution in [2.45, 2.75) is 32.5 Å². The third kappa shape index (κ3) is 5.40. The lowest BCUT2D eigenvalue weighted by Gasteiger charge is -2.15. The van der Waals surface area contributed by atoms with Gasteiger partial charge in [-0.1, -0.05) is 19.1 Å². The molecule has 0 radical (unpaired) electrons. The molecule has 5 heteroatoms. The Labute approximate surface area is 105 Å². The fourth-order valence-corrected chi connectivity index (χ4v) is 1.52. The standard InChI is InChI=1S/C13H18F3NO/c1-3-7-17-10(2)11-5-4-6-12(8-11)18-9-13(14,15)16/h4-6,8,10,17H,3,7,9H2,1-2H3. The van der Waals surface area contributed by atoms with Gasteiger partial charge < -0.3 is 10.1 Å². The van der Waals surface area contributed by atoms with Crippen molar-refractivity contribution in [1.82, 2.24) is 5.32 Å². The van der Waals surface area contributed by atoms with Crippen molar-refractivity contribution in [1.29, 1.82) is 0 Å². The fourth-order valence-electron chi connectivity index (χ4n) is 1.52. The summed E-state index contributed by atoms with van der Waals surface area (Å²) in [6.45, 7) is 3.64. The van der Waals surface area contributed by atoms with E-state index >= 15 is 0 Å². The lowest BCUT2D eigenvalue weighted by Crippen LogP contribution is -2.20. The van der Waals surface area contributed by atoms with Crippen molar-refractivity contribution in [3.63, 3.8) is 0 Å². The number of hydrogen-bond acceptors (Lipinski definition) is 2. The molecular weight excluding hydrogens is 243 g/mol. The minimum atomic E-state index is -4.30. The van der Waals surface area contributed by atoms with E-state index < -0.39 is 12.8 Å². The van der Waals surface area contributed by atoms with Crippen LogP contribution < -0.4 is 10.1 Å². The van der Waals surface area contributed by atoms with Gasteiger partial charge in [-0.2, -0.15) is 13.2 Å². The van der Waals surface area contributed by atoms with Gasteiger partial charge in [0, 0.05) is 6.04 Å². The molecule has 1 rings (SSSR count). The number of nitrogens with one attached hydrogen (secondary N) is 1. The predicted octanol–water partition coefficient (Wildman–Crippen LogP) is 3.69. The van der Waals surface area contributed by atoms with E-state index in [9.17, 15) is 13.2 Å². The second-order valence-electron chi connectivity index (χ2n) is 4.15. The summed E-state index contributed by atoms with van der Waals surface area (Å²) in [7, 11) is 0. The molecule has 1 aromatic rings. The monoisotopic (exact) mass is 261 g/mol. The fraction of sp³-hybridized carbons (Fsp3) is 0.538. The molecule has 0 aliphatic heterocycles. The molecule has 0 aliphatic carbocycles. The van der Waals surface area contributed by atoms with Crippen molar-refractivity contribution in [2.75, 3.05) is 13.2 Å². The van der Waals surface area contributed by atoms with Gasteiger partial charge in [0.05, 0.1) is 0 Å². The molecule has 0 saturated heterocycles. The molecule has 0 spiro atoms. The van der Waals surface area contributed by atoms with Crippen LogP contribution in [0.3, 0.4) is 0 Å². The van der Waals surface area contributed by atoms with Crippen molar-refractivity contribution < 1.29 is 17.9 Å². The van der Waals surface area contributed by atoms with Crippen LogP contribution >= 0.6 is 0 Å². The summed E-state index contributed by atoms with van der Waals surface area (Å²) in [5.41, 5.74) is 0.920. The van der Waals surface area contributed by atoms with Gasteiger partial charge >= 0.3 is 6.18 Å². The Bertz CT molecular complexity index is 365. The zero-order valence-electron chi connectivity index (χ0n) is 10.6. The van der Waals surface area contributed by atoms with Gasteiger partial charge in [0.15, 0.2) is 6.61 Å². The Morgan fingerprint density at radius 3 is 2.67 bits per heavy atom. The van der Waals surface area contributed by atoms with Crippen molar-refractivity contribution in [3.8, 4) is 5.75 Å². The van der Waals surface area contributed by atoms with Gasteiger partial charge in [-0.15, -0.1) is 0 Å². The van der Waals surface area contributed by atoms with Gasteiger partial charge in [0.1, 0.15) is 5.75 Å². The van der Waals surface area contributed by atoms with Gasteiger partial charge in [-0.3, -0.25) is 0 Å². The van der Waals surface area contributed by atoms with Gasteiger partial charge in [-0.05, 0) is 37.6 Å². The summed E-state index contributed by atoms with van der Waals surface area (Å²) in [4.78, 5) is 0. The second kappa shape index (κ2) is 6.64. The van der Waals surface area contributed by atoms with Crippen LogP contribution in [0.5, 0.6) is 5.75 Å². The van der Waals surface area contributed by atoms with E-state index in [-0.39, 0.29) is 11.8 Å². The zero-order chi connectivity index (χ0) is 13.6. The number of ether oxygens (including phenoxy) is 1. The largest absolute Gasteiger partial charge is 0.484 e. The lowest BCUT2D eigenvalue weighted by molar-refractivity contribution is -0.153. The molecule has 1 N–H and O–H groups in total. The van der Waals surface area contributed by atoms with Crippen LogP contribution in [0.15, 0.2) is 24.3 Å². The molecule has 102 valence electrons. The van der Waals surface area contributed by atoms with Gasteiger partial charge in [0.25, 0.3) is 0 Å². The normalized spacial score (nSPS) is 13.4. The number of alkyl halides is 3. The molecule has 0 heterocycles. The second-order valence-corrected chi connectivity index (χ2v) is 4.15. The molecule has 1 aromatic carbocycles. The van der Waals surface area contributed by atoms with Crippen LogP contribution in [-0.4, -0.2) is 19.3 Å². The van der Waals surface area contributed by atoms with Crippen molar-refractivity contribution >= 4 is 0 Å². The third-order valence-corrected chi connectivity index (χ3v) is 2.46. The van der Waals surface area contributed by atoms with E-state index in [0.717, 1.165) is 18.5 Å². The van der Waals surface area contributed by atoms with E-state index in [0.29, 0.717) is 0 Å². The molecule has 2 nitrogen and oxygen atoms in total. The Balaban J connectivity index is 2.61. The summed E-state index contributed by atoms with van der Waals surface area (Å²) < 4.78 is 40.8. The number of rotatable bonds is 6. The summed E-state index contributed by atoms with van der Waals surface area (Å²) in [5, 5.41) is 3.27. The maximum Gasteiger partial charge on any atom is 0.422 e. The first-order valence-electron chi connectivity index (χ1n) is 5.95. The molecule has 0 amide bonds. The molecule has 1 atom stereocenters. The predicted molar refractivity (Wildman–Crippen MR) is 64.7 cm³/mol. The number of hydrogen-bond donors (Lipinski definition) is 1. The Kier molecular flexibility index (Phi) is 5.47. The molecule has 0 fully saturated rings. The summed E-state index contributed by atoms with van der Waals surface area (Å²) in [5.74, 6) is 0.245. The highest BCUT2D eigenvalue weighted by atomic mass is 19.4. The van der Waals surface area contributed by atoms with Gasteiger partial charge in [-0.25, -0.2) is 0 Å². The van der Waals surface area contributed by atoms with Gasteiger partial charge in [0.2, 0.25) is 0 Å². The molecule has 18 heavy (non-hydrogen) atoms. The van der Waals surface area contributed by atoms with E-state index in [1.54, 1.807) is 12.1 Å². The highest BCUT2D eigenvalue weighted by Crippen LogP contribution is 2.22. The van der Waals surface area contributed by atoms with Crippen molar-refractivity contribution in [3.05, 3.63) is 29.8 Å². The average molecular weight is 261 g/mol. The molecular formula is C13H18F3NO.